The lowest BCUT2D eigenvalue weighted by Crippen LogP contribution is -2.34. The summed E-state index contributed by atoms with van der Waals surface area (Å²) in [5.74, 6) is 0.257. The molecule has 2 aromatic carbocycles. The van der Waals surface area contributed by atoms with Gasteiger partial charge in [-0.2, -0.15) is 0 Å². The lowest BCUT2D eigenvalue weighted by atomic mass is 10.2. The third-order valence-corrected chi connectivity index (χ3v) is 4.92. The molecule has 1 aromatic heterocycles. The van der Waals surface area contributed by atoms with Crippen molar-refractivity contribution >= 4 is 26.8 Å². The number of ether oxygens (including phenoxy) is 2. The molecule has 130 valence electrons. The molecule has 0 aliphatic carbocycles. The van der Waals surface area contributed by atoms with Crippen molar-refractivity contribution in [1.29, 1.82) is 0 Å². The number of H-pyrrole nitrogens is 1. The van der Waals surface area contributed by atoms with Crippen LogP contribution in [0.4, 0.5) is 0 Å². The second-order valence-electron chi connectivity index (χ2n) is 5.19. The fourth-order valence-corrected chi connectivity index (χ4v) is 3.29. The van der Waals surface area contributed by atoms with Crippen molar-refractivity contribution in [3.63, 3.8) is 0 Å². The first-order valence-electron chi connectivity index (χ1n) is 7.38. The van der Waals surface area contributed by atoms with E-state index in [2.05, 4.69) is 4.98 Å². The van der Waals surface area contributed by atoms with E-state index in [0.29, 0.717) is 11.5 Å². The molecular formula is C17H16N2O5S. The Labute approximate surface area is 144 Å². The molecule has 0 atom stereocenters. The van der Waals surface area contributed by atoms with Crippen LogP contribution in [-0.2, 0) is 14.8 Å². The van der Waals surface area contributed by atoms with Gasteiger partial charge in [0.1, 0.15) is 11.5 Å². The number of nitrogens with one attached hydrogen (secondary N) is 2. The first kappa shape index (κ1) is 16.8. The molecule has 0 aliphatic heterocycles. The van der Waals surface area contributed by atoms with Crippen molar-refractivity contribution in [2.45, 2.75) is 4.90 Å². The minimum atomic E-state index is -3.96. The van der Waals surface area contributed by atoms with Crippen molar-refractivity contribution in [1.82, 2.24) is 9.71 Å². The summed E-state index contributed by atoms with van der Waals surface area (Å²) in [5.41, 5.74) is 0.865. The molecule has 3 rings (SSSR count). The summed E-state index contributed by atoms with van der Waals surface area (Å²) < 4.78 is 36.8. The Morgan fingerprint density at radius 1 is 1.12 bits per heavy atom. The number of carbonyl (C=O) groups is 1. The Hall–Kier alpha value is -3.00. The molecule has 8 heteroatoms. The quantitative estimate of drug-likeness (QED) is 0.701. The Morgan fingerprint density at radius 3 is 2.60 bits per heavy atom. The third-order valence-electron chi connectivity index (χ3n) is 3.53. The monoisotopic (exact) mass is 360 g/mol. The van der Waals surface area contributed by atoms with Gasteiger partial charge < -0.3 is 14.5 Å². The molecule has 0 unspecified atom stereocenters. The second kappa shape index (κ2) is 6.86. The molecule has 0 saturated heterocycles. The van der Waals surface area contributed by atoms with E-state index >= 15 is 0 Å². The van der Waals surface area contributed by atoms with Crippen LogP contribution in [0.2, 0.25) is 0 Å². The van der Waals surface area contributed by atoms with Crippen LogP contribution in [0.5, 0.6) is 11.5 Å². The van der Waals surface area contributed by atoms with Crippen LogP contribution >= 0.6 is 0 Å². The minimum Gasteiger partial charge on any atom is -0.497 e. The van der Waals surface area contributed by atoms with Crippen LogP contribution in [0.15, 0.2) is 59.6 Å². The topological polar surface area (TPSA) is 97.5 Å². The molecule has 3 aromatic rings. The van der Waals surface area contributed by atoms with Gasteiger partial charge in [0, 0.05) is 17.1 Å². The van der Waals surface area contributed by atoms with Crippen LogP contribution in [0.3, 0.4) is 0 Å². The average molecular weight is 360 g/mol. The summed E-state index contributed by atoms with van der Waals surface area (Å²) in [4.78, 5) is 15.0. The normalized spacial score (nSPS) is 11.2. The number of amides is 1. The van der Waals surface area contributed by atoms with E-state index < -0.39 is 22.5 Å². The number of rotatable bonds is 6. The number of carbonyl (C=O) groups excluding carboxylic acids is 1. The largest absolute Gasteiger partial charge is 0.497 e. The summed E-state index contributed by atoms with van der Waals surface area (Å²) >= 11 is 0. The molecule has 0 aliphatic rings. The molecular weight excluding hydrogens is 344 g/mol. The second-order valence-corrected chi connectivity index (χ2v) is 6.87. The fourth-order valence-electron chi connectivity index (χ4n) is 2.32. The standard InChI is InChI=1S/C17H16N2O5S/c1-23-12-5-7-13(8-6-12)25(21,22)19-17(20)11-24-16-4-2-3-15-14(16)9-10-18-15/h2-10,18H,11H2,1H3,(H,19,20). The summed E-state index contributed by atoms with van der Waals surface area (Å²) in [7, 11) is -2.48. The van der Waals surface area contributed by atoms with E-state index in [1.807, 2.05) is 16.9 Å². The van der Waals surface area contributed by atoms with E-state index in [1.165, 1.54) is 31.4 Å². The van der Waals surface area contributed by atoms with Crippen LogP contribution < -0.4 is 14.2 Å². The molecule has 1 heterocycles. The maximum atomic E-state index is 12.2. The van der Waals surface area contributed by atoms with Crippen LogP contribution in [-0.4, -0.2) is 33.0 Å². The SMILES string of the molecule is COc1ccc(S(=O)(=O)NC(=O)COc2cccc3[nH]ccc23)cc1. The average Bonchev–Trinajstić information content (AvgIpc) is 3.09. The van der Waals surface area contributed by atoms with Gasteiger partial charge in [-0.25, -0.2) is 13.1 Å². The van der Waals surface area contributed by atoms with Gasteiger partial charge in [0.15, 0.2) is 6.61 Å². The predicted molar refractivity (Wildman–Crippen MR) is 92.1 cm³/mol. The zero-order valence-corrected chi connectivity index (χ0v) is 14.2. The lowest BCUT2D eigenvalue weighted by molar-refractivity contribution is -0.121. The van der Waals surface area contributed by atoms with Crippen LogP contribution in [0.25, 0.3) is 10.9 Å². The van der Waals surface area contributed by atoms with Gasteiger partial charge in [0.25, 0.3) is 15.9 Å². The van der Waals surface area contributed by atoms with Crippen molar-refractivity contribution in [3.8, 4) is 11.5 Å². The maximum Gasteiger partial charge on any atom is 0.271 e. The fraction of sp³-hybridized carbons (Fsp3) is 0.118. The van der Waals surface area contributed by atoms with Gasteiger partial charge in [-0.15, -0.1) is 0 Å². The molecule has 2 N–H and O–H groups in total. The maximum absolute atomic E-state index is 12.2. The molecule has 0 radical (unpaired) electrons. The number of aromatic amines is 1. The van der Waals surface area contributed by atoms with Crippen molar-refractivity contribution in [2.24, 2.45) is 0 Å². The molecule has 0 bridgehead atoms. The molecule has 0 fully saturated rings. The highest BCUT2D eigenvalue weighted by atomic mass is 32.2. The van der Waals surface area contributed by atoms with Gasteiger partial charge in [-0.1, -0.05) is 6.07 Å². The zero-order chi connectivity index (χ0) is 17.9. The first-order chi connectivity index (χ1) is 12.0. The van der Waals surface area contributed by atoms with E-state index in [4.69, 9.17) is 9.47 Å². The number of hydrogen-bond acceptors (Lipinski definition) is 5. The van der Waals surface area contributed by atoms with Gasteiger partial charge in [0.05, 0.1) is 12.0 Å². The number of benzene rings is 2. The molecule has 0 spiro atoms. The van der Waals surface area contributed by atoms with Crippen molar-refractivity contribution in [2.75, 3.05) is 13.7 Å². The van der Waals surface area contributed by atoms with E-state index in [-0.39, 0.29) is 4.90 Å². The summed E-state index contributed by atoms with van der Waals surface area (Å²) in [6.07, 6.45) is 1.76. The van der Waals surface area contributed by atoms with Gasteiger partial charge >= 0.3 is 0 Å². The number of aromatic nitrogens is 1. The number of sulfonamides is 1. The summed E-state index contributed by atoms with van der Waals surface area (Å²) in [6.45, 7) is -0.417. The van der Waals surface area contributed by atoms with E-state index in [0.717, 1.165) is 10.9 Å². The lowest BCUT2D eigenvalue weighted by Gasteiger charge is -2.09. The van der Waals surface area contributed by atoms with E-state index in [1.54, 1.807) is 18.3 Å². The highest BCUT2D eigenvalue weighted by molar-refractivity contribution is 7.90. The van der Waals surface area contributed by atoms with Gasteiger partial charge in [-0.3, -0.25) is 4.79 Å². The van der Waals surface area contributed by atoms with Gasteiger partial charge in [0.2, 0.25) is 0 Å². The first-order valence-corrected chi connectivity index (χ1v) is 8.86. The minimum absolute atomic E-state index is 0.0330. The van der Waals surface area contributed by atoms with Crippen molar-refractivity contribution < 1.29 is 22.7 Å². The smallest absolute Gasteiger partial charge is 0.271 e. The number of methoxy groups -OCH3 is 1. The Morgan fingerprint density at radius 2 is 1.88 bits per heavy atom. The highest BCUT2D eigenvalue weighted by Crippen LogP contribution is 2.24. The number of hydrogen-bond donors (Lipinski definition) is 2. The Kier molecular flexibility index (Phi) is 4.62. The molecule has 1 amide bonds. The Balaban J connectivity index is 1.66. The van der Waals surface area contributed by atoms with Gasteiger partial charge in [-0.05, 0) is 42.5 Å². The number of fused-ring (bicyclic) bond motifs is 1. The predicted octanol–water partition coefficient (Wildman–Crippen LogP) is 2.06. The van der Waals surface area contributed by atoms with Crippen LogP contribution in [0, 0.1) is 0 Å². The molecule has 0 saturated carbocycles. The summed E-state index contributed by atoms with van der Waals surface area (Å²) in [6, 6.07) is 12.9. The molecule has 7 nitrogen and oxygen atoms in total. The highest BCUT2D eigenvalue weighted by Gasteiger charge is 2.18. The third kappa shape index (κ3) is 3.74. The van der Waals surface area contributed by atoms with Crippen LogP contribution in [0.1, 0.15) is 0 Å². The summed E-state index contributed by atoms with van der Waals surface area (Å²) in [5, 5.41) is 0.813. The van der Waals surface area contributed by atoms with Crippen molar-refractivity contribution in [3.05, 3.63) is 54.7 Å². The molecule has 25 heavy (non-hydrogen) atoms. The van der Waals surface area contributed by atoms with E-state index in [9.17, 15) is 13.2 Å². The Bertz CT molecular complexity index is 993. The zero-order valence-electron chi connectivity index (χ0n) is 13.4.